The number of pyridine rings is 1. The van der Waals surface area contributed by atoms with Crippen molar-refractivity contribution in [3.63, 3.8) is 0 Å². The van der Waals surface area contributed by atoms with E-state index in [4.69, 9.17) is 10.5 Å². The van der Waals surface area contributed by atoms with Crippen molar-refractivity contribution in [2.45, 2.75) is 6.92 Å². The van der Waals surface area contributed by atoms with Crippen LogP contribution in [0.2, 0.25) is 0 Å². The number of anilines is 4. The molecule has 5 nitrogen and oxygen atoms in total. The summed E-state index contributed by atoms with van der Waals surface area (Å²) in [5.41, 5.74) is 8.46. The van der Waals surface area contributed by atoms with Gasteiger partial charge in [-0.3, -0.25) is 0 Å². The molecule has 0 fully saturated rings. The third-order valence-electron chi connectivity index (χ3n) is 2.83. The van der Waals surface area contributed by atoms with Crippen LogP contribution in [-0.2, 0) is 0 Å². The lowest BCUT2D eigenvalue weighted by Gasteiger charge is -2.13. The molecule has 5 heteroatoms. The summed E-state index contributed by atoms with van der Waals surface area (Å²) < 4.78 is 5.38. The molecule has 20 heavy (non-hydrogen) atoms. The van der Waals surface area contributed by atoms with Gasteiger partial charge in [0.15, 0.2) is 0 Å². The number of rotatable bonds is 5. The van der Waals surface area contributed by atoms with Crippen LogP contribution in [0.4, 0.5) is 22.9 Å². The number of benzene rings is 1. The number of hydrogen-bond donors (Lipinski definition) is 2. The highest BCUT2D eigenvalue weighted by atomic mass is 16.5. The van der Waals surface area contributed by atoms with E-state index in [2.05, 4.69) is 15.2 Å². The maximum Gasteiger partial charge on any atom is 0.239 e. The molecule has 0 unspecified atom stereocenters. The summed E-state index contributed by atoms with van der Waals surface area (Å²) in [6.07, 6.45) is 0. The number of ether oxygens (including phenoxy) is 1. The summed E-state index contributed by atoms with van der Waals surface area (Å²) in [4.78, 5) is 6.40. The van der Waals surface area contributed by atoms with Gasteiger partial charge in [0.1, 0.15) is 5.82 Å². The van der Waals surface area contributed by atoms with E-state index in [0.717, 1.165) is 11.4 Å². The van der Waals surface area contributed by atoms with Gasteiger partial charge in [-0.05, 0) is 43.3 Å². The molecule has 0 spiro atoms. The van der Waals surface area contributed by atoms with Crippen LogP contribution in [0.3, 0.4) is 0 Å². The fourth-order valence-electron chi connectivity index (χ4n) is 1.76. The summed E-state index contributed by atoms with van der Waals surface area (Å²) in [6.45, 7) is 2.44. The van der Waals surface area contributed by atoms with Crippen LogP contribution >= 0.6 is 0 Å². The molecule has 0 saturated carbocycles. The Balaban J connectivity index is 2.15. The van der Waals surface area contributed by atoms with E-state index in [0.29, 0.717) is 24.0 Å². The van der Waals surface area contributed by atoms with E-state index < -0.39 is 0 Å². The molecule has 0 saturated heterocycles. The molecule has 1 aromatic heterocycles. The predicted molar refractivity (Wildman–Crippen MR) is 83.9 cm³/mol. The summed E-state index contributed by atoms with van der Waals surface area (Å²) >= 11 is 0. The van der Waals surface area contributed by atoms with Crippen molar-refractivity contribution in [1.82, 2.24) is 4.98 Å². The Morgan fingerprint density at radius 1 is 1.15 bits per heavy atom. The lowest BCUT2D eigenvalue weighted by Crippen LogP contribution is -2.08. The second kappa shape index (κ2) is 6.14. The lowest BCUT2D eigenvalue weighted by molar-refractivity contribution is 0.329. The highest BCUT2D eigenvalue weighted by Crippen LogP contribution is 2.24. The van der Waals surface area contributed by atoms with Crippen molar-refractivity contribution in [3.8, 4) is 5.88 Å². The Hall–Kier alpha value is -2.43. The SMILES string of the molecule is CCOc1nc(Nc2ccc(N(C)C)cc2)ccc1N. The molecule has 0 aliphatic rings. The number of nitrogens with one attached hydrogen (secondary N) is 1. The number of aromatic nitrogens is 1. The van der Waals surface area contributed by atoms with Crippen LogP contribution in [0.1, 0.15) is 6.92 Å². The zero-order valence-corrected chi connectivity index (χ0v) is 12.1. The first-order valence-electron chi connectivity index (χ1n) is 6.54. The molecule has 2 aromatic rings. The quantitative estimate of drug-likeness (QED) is 0.876. The molecule has 0 amide bonds. The number of nitrogens with two attached hydrogens (primary N) is 1. The second-order valence-electron chi connectivity index (χ2n) is 4.59. The monoisotopic (exact) mass is 272 g/mol. The number of nitrogens with zero attached hydrogens (tertiary/aromatic N) is 2. The highest BCUT2D eigenvalue weighted by Gasteiger charge is 2.04. The Morgan fingerprint density at radius 2 is 1.85 bits per heavy atom. The van der Waals surface area contributed by atoms with Crippen LogP contribution in [0, 0.1) is 0 Å². The van der Waals surface area contributed by atoms with Crippen molar-refractivity contribution < 1.29 is 4.74 Å². The van der Waals surface area contributed by atoms with Gasteiger partial charge in [0.25, 0.3) is 0 Å². The van der Waals surface area contributed by atoms with E-state index in [-0.39, 0.29) is 0 Å². The Labute approximate surface area is 119 Å². The summed E-state index contributed by atoms with van der Waals surface area (Å²) in [5, 5.41) is 3.23. The maximum atomic E-state index is 5.80. The van der Waals surface area contributed by atoms with Crippen molar-refractivity contribution in [2.24, 2.45) is 0 Å². The standard InChI is InChI=1S/C15H20N4O/c1-4-20-15-13(16)9-10-14(18-15)17-11-5-7-12(8-6-11)19(2)3/h5-10H,4,16H2,1-3H3,(H,17,18). The smallest absolute Gasteiger partial charge is 0.239 e. The van der Waals surface area contributed by atoms with Crippen molar-refractivity contribution >= 4 is 22.9 Å². The van der Waals surface area contributed by atoms with Gasteiger partial charge in [0.2, 0.25) is 5.88 Å². The fraction of sp³-hybridized carbons (Fsp3) is 0.267. The lowest BCUT2D eigenvalue weighted by atomic mass is 10.2. The predicted octanol–water partition coefficient (Wildman–Crippen LogP) is 2.87. The van der Waals surface area contributed by atoms with E-state index in [9.17, 15) is 0 Å². The normalized spacial score (nSPS) is 10.2. The van der Waals surface area contributed by atoms with E-state index >= 15 is 0 Å². The van der Waals surface area contributed by atoms with Crippen LogP contribution in [0.15, 0.2) is 36.4 Å². The minimum absolute atomic E-state index is 0.461. The zero-order chi connectivity index (χ0) is 14.5. The summed E-state index contributed by atoms with van der Waals surface area (Å²) in [5.74, 6) is 1.17. The maximum absolute atomic E-state index is 5.80. The van der Waals surface area contributed by atoms with Gasteiger partial charge >= 0.3 is 0 Å². The molecule has 0 aliphatic carbocycles. The highest BCUT2D eigenvalue weighted by molar-refractivity contribution is 5.63. The van der Waals surface area contributed by atoms with Gasteiger partial charge in [-0.15, -0.1) is 0 Å². The molecule has 0 bridgehead atoms. The Morgan fingerprint density at radius 3 is 2.45 bits per heavy atom. The van der Waals surface area contributed by atoms with Gasteiger partial charge in [-0.1, -0.05) is 0 Å². The van der Waals surface area contributed by atoms with E-state index in [1.807, 2.05) is 51.4 Å². The Kier molecular flexibility index (Phi) is 4.30. The average molecular weight is 272 g/mol. The molecule has 106 valence electrons. The van der Waals surface area contributed by atoms with E-state index in [1.165, 1.54) is 0 Å². The first-order chi connectivity index (χ1) is 9.60. The van der Waals surface area contributed by atoms with Crippen molar-refractivity contribution in [2.75, 3.05) is 36.7 Å². The summed E-state index contributed by atoms with van der Waals surface area (Å²) in [6, 6.07) is 11.7. The first-order valence-corrected chi connectivity index (χ1v) is 6.54. The minimum Gasteiger partial charge on any atom is -0.476 e. The molecular formula is C15H20N4O. The van der Waals surface area contributed by atoms with Gasteiger partial charge in [0, 0.05) is 25.5 Å². The number of hydrogen-bond acceptors (Lipinski definition) is 5. The van der Waals surface area contributed by atoms with Crippen molar-refractivity contribution in [1.29, 1.82) is 0 Å². The zero-order valence-electron chi connectivity index (χ0n) is 12.1. The minimum atomic E-state index is 0.461. The summed E-state index contributed by atoms with van der Waals surface area (Å²) in [7, 11) is 4.02. The largest absolute Gasteiger partial charge is 0.476 e. The molecule has 2 rings (SSSR count). The van der Waals surface area contributed by atoms with Gasteiger partial charge in [0.05, 0.1) is 12.3 Å². The fourth-order valence-corrected chi connectivity index (χ4v) is 1.76. The van der Waals surface area contributed by atoms with Crippen LogP contribution in [-0.4, -0.2) is 25.7 Å². The van der Waals surface area contributed by atoms with E-state index in [1.54, 1.807) is 6.07 Å². The first kappa shape index (κ1) is 14.0. The van der Waals surface area contributed by atoms with Crippen LogP contribution < -0.4 is 20.7 Å². The molecule has 1 aromatic carbocycles. The third-order valence-corrected chi connectivity index (χ3v) is 2.83. The average Bonchev–Trinajstić information content (AvgIpc) is 2.43. The third kappa shape index (κ3) is 3.32. The van der Waals surface area contributed by atoms with Crippen molar-refractivity contribution in [3.05, 3.63) is 36.4 Å². The molecule has 0 radical (unpaired) electrons. The Bertz CT molecular complexity index is 567. The molecule has 0 atom stereocenters. The molecular weight excluding hydrogens is 252 g/mol. The topological polar surface area (TPSA) is 63.4 Å². The van der Waals surface area contributed by atoms with Crippen LogP contribution in [0.5, 0.6) is 5.88 Å². The van der Waals surface area contributed by atoms with Crippen LogP contribution in [0.25, 0.3) is 0 Å². The molecule has 0 aliphatic heterocycles. The molecule has 1 heterocycles. The number of nitrogen functional groups attached to an aromatic ring is 1. The second-order valence-corrected chi connectivity index (χ2v) is 4.59. The van der Waals surface area contributed by atoms with Gasteiger partial charge in [-0.2, -0.15) is 4.98 Å². The molecule has 3 N–H and O–H groups in total. The van der Waals surface area contributed by atoms with Gasteiger partial charge < -0.3 is 20.7 Å². The van der Waals surface area contributed by atoms with Gasteiger partial charge in [-0.25, -0.2) is 0 Å².